The minimum absolute atomic E-state index is 0.0681. The van der Waals surface area contributed by atoms with E-state index in [1.807, 2.05) is 12.1 Å². The Morgan fingerprint density at radius 1 is 0.979 bits per heavy atom. The van der Waals surface area contributed by atoms with E-state index in [1.54, 1.807) is 12.1 Å². The highest BCUT2D eigenvalue weighted by Crippen LogP contribution is 2.34. The van der Waals surface area contributed by atoms with E-state index < -0.39 is 0 Å². The molecule has 0 saturated carbocycles. The number of carbonyl (C=O) groups excluding carboxylic acids is 1. The van der Waals surface area contributed by atoms with Crippen molar-refractivity contribution in [3.8, 4) is 12.3 Å². The van der Waals surface area contributed by atoms with Gasteiger partial charge in [-0.1, -0.05) is 143 Å². The number of aryl methyl sites for hydroxylation is 3. The molecule has 0 saturated heterocycles. The number of allylic oxidation sites excluding steroid dienone is 3. The van der Waals surface area contributed by atoms with Gasteiger partial charge in [0.25, 0.3) is 0 Å². The summed E-state index contributed by atoms with van der Waals surface area (Å²) >= 11 is 6.23. The number of nitrogens with zero attached hydrogens (tertiary/aromatic N) is 1. The minimum Gasteiger partial charge on any atom is -0.360 e. The summed E-state index contributed by atoms with van der Waals surface area (Å²) in [6, 6.07) is 18.3. The van der Waals surface area contributed by atoms with Crippen LogP contribution in [0.2, 0.25) is 5.02 Å². The Labute approximate surface area is 290 Å². The van der Waals surface area contributed by atoms with Gasteiger partial charge in [-0.3, -0.25) is 15.6 Å². The van der Waals surface area contributed by atoms with E-state index >= 15 is 0 Å². The highest BCUT2D eigenvalue weighted by molar-refractivity contribution is 6.33. The molecule has 2 aromatic carbocycles. The minimum atomic E-state index is -0.0935. The first-order chi connectivity index (χ1) is 22.5. The number of rotatable bonds is 9. The van der Waals surface area contributed by atoms with Crippen LogP contribution in [0.3, 0.4) is 0 Å². The molecule has 3 aromatic rings. The lowest BCUT2D eigenvalue weighted by Crippen LogP contribution is -2.33. The highest BCUT2D eigenvalue weighted by atomic mass is 35.5. The number of halogens is 1. The summed E-state index contributed by atoms with van der Waals surface area (Å²) in [5.41, 5.74) is 14.0. The fourth-order valence-electron chi connectivity index (χ4n) is 4.35. The van der Waals surface area contributed by atoms with Crippen molar-refractivity contribution in [3.05, 3.63) is 129 Å². The van der Waals surface area contributed by atoms with E-state index in [4.69, 9.17) is 18.0 Å². The second-order valence-corrected chi connectivity index (χ2v) is 11.9. The molecule has 1 aliphatic rings. The Balaban J connectivity index is 0.000000566. The number of unbranched alkanes of at least 4 members (excludes halogenated alkanes) is 2. The molecule has 1 unspecified atom stereocenters. The average Bonchev–Trinajstić information content (AvgIpc) is 3.19. The molecule has 1 aliphatic carbocycles. The van der Waals surface area contributed by atoms with Gasteiger partial charge in [0.15, 0.2) is 11.6 Å². The molecule has 0 spiro atoms. The zero-order valence-electron chi connectivity index (χ0n) is 29.8. The van der Waals surface area contributed by atoms with Crippen LogP contribution in [0.4, 0.5) is 5.82 Å². The van der Waals surface area contributed by atoms with Crippen molar-refractivity contribution in [2.75, 3.05) is 5.43 Å². The number of ketones is 1. The molecule has 1 aromatic heterocycles. The third-order valence-corrected chi connectivity index (χ3v) is 7.71. The molecule has 3 N–H and O–H groups in total. The molecule has 0 fully saturated rings. The lowest BCUT2D eigenvalue weighted by molar-refractivity contribution is 0.101. The van der Waals surface area contributed by atoms with Crippen LogP contribution in [-0.2, 0) is 6.42 Å². The SMILES string of the molecule is C#C/C=C\C1=C(C)C(NC(=C)NNc2ncc(C(C)=O)cc2Cl)c2ccccc2CC1.CCCC.CCCC.Cc1cccc(C)c1. The predicted octanol–water partition coefficient (Wildman–Crippen LogP) is 11.0. The van der Waals surface area contributed by atoms with Crippen LogP contribution < -0.4 is 16.2 Å². The number of benzene rings is 2. The van der Waals surface area contributed by atoms with E-state index in [1.165, 1.54) is 72.2 Å². The molecule has 5 nitrogen and oxygen atoms in total. The summed E-state index contributed by atoms with van der Waals surface area (Å²) in [7, 11) is 0. The molecule has 47 heavy (non-hydrogen) atoms. The fourth-order valence-corrected chi connectivity index (χ4v) is 4.57. The maximum absolute atomic E-state index is 11.5. The number of hydrogen-bond acceptors (Lipinski definition) is 5. The smallest absolute Gasteiger partial charge is 0.163 e. The lowest BCUT2D eigenvalue weighted by atomic mass is 9.95. The van der Waals surface area contributed by atoms with Crippen LogP contribution in [-0.4, -0.2) is 10.8 Å². The maximum atomic E-state index is 11.5. The van der Waals surface area contributed by atoms with Crippen LogP contribution in [0.15, 0.2) is 96.5 Å². The van der Waals surface area contributed by atoms with Gasteiger partial charge in [0, 0.05) is 11.8 Å². The van der Waals surface area contributed by atoms with E-state index in [0.29, 0.717) is 22.2 Å². The van der Waals surface area contributed by atoms with Crippen molar-refractivity contribution in [2.24, 2.45) is 0 Å². The summed E-state index contributed by atoms with van der Waals surface area (Å²) in [6.07, 6.45) is 17.8. The van der Waals surface area contributed by atoms with E-state index in [9.17, 15) is 4.79 Å². The van der Waals surface area contributed by atoms with Gasteiger partial charge in [-0.25, -0.2) is 4.98 Å². The zero-order chi connectivity index (χ0) is 35.2. The number of terminal acetylenes is 1. The second-order valence-electron chi connectivity index (χ2n) is 11.5. The van der Waals surface area contributed by atoms with Crippen molar-refractivity contribution in [3.63, 3.8) is 0 Å². The van der Waals surface area contributed by atoms with Gasteiger partial charge in [-0.2, -0.15) is 0 Å². The predicted molar refractivity (Wildman–Crippen MR) is 204 cm³/mol. The van der Waals surface area contributed by atoms with Crippen LogP contribution in [0.25, 0.3) is 0 Å². The number of hydrogen-bond donors (Lipinski definition) is 3. The molecule has 1 heterocycles. The van der Waals surface area contributed by atoms with Gasteiger partial charge >= 0.3 is 0 Å². The molecule has 0 amide bonds. The van der Waals surface area contributed by atoms with Crippen LogP contribution >= 0.6 is 11.6 Å². The van der Waals surface area contributed by atoms with Crippen molar-refractivity contribution in [1.29, 1.82) is 0 Å². The topological polar surface area (TPSA) is 66.0 Å². The van der Waals surface area contributed by atoms with Crippen LogP contribution in [0, 0.1) is 26.2 Å². The number of carbonyl (C=O) groups is 1. The van der Waals surface area contributed by atoms with E-state index in [2.05, 4.69) is 125 Å². The third-order valence-electron chi connectivity index (χ3n) is 7.42. The Kier molecular flexibility index (Phi) is 20.0. The second kappa shape index (κ2) is 23.1. The van der Waals surface area contributed by atoms with Gasteiger partial charge < -0.3 is 5.32 Å². The molecule has 0 radical (unpaired) electrons. The average molecular weight is 655 g/mol. The summed E-state index contributed by atoms with van der Waals surface area (Å²) in [4.78, 5) is 15.7. The first-order valence-electron chi connectivity index (χ1n) is 16.6. The first kappa shape index (κ1) is 40.8. The van der Waals surface area contributed by atoms with Crippen LogP contribution in [0.5, 0.6) is 0 Å². The van der Waals surface area contributed by atoms with Crippen molar-refractivity contribution >= 4 is 23.2 Å². The largest absolute Gasteiger partial charge is 0.360 e. The normalized spacial score (nSPS) is 13.1. The van der Waals surface area contributed by atoms with Gasteiger partial charge in [0.2, 0.25) is 0 Å². The lowest BCUT2D eigenvalue weighted by Gasteiger charge is -2.25. The number of fused-ring (bicyclic) bond motifs is 1. The molecular weight excluding hydrogens is 600 g/mol. The maximum Gasteiger partial charge on any atom is 0.163 e. The molecule has 4 rings (SSSR count). The molecule has 0 bridgehead atoms. The number of Topliss-reactive ketones (excluding diaryl/α,β-unsaturated/α-hetero) is 1. The van der Waals surface area contributed by atoms with E-state index in [-0.39, 0.29) is 11.8 Å². The number of aromatic nitrogens is 1. The highest BCUT2D eigenvalue weighted by Gasteiger charge is 2.22. The molecule has 1 atom stereocenters. The van der Waals surface area contributed by atoms with Gasteiger partial charge in [-0.05, 0) is 75.0 Å². The summed E-state index contributed by atoms with van der Waals surface area (Å²) < 4.78 is 0. The van der Waals surface area contributed by atoms with Gasteiger partial charge in [0.1, 0.15) is 5.82 Å². The number of hydrazine groups is 1. The molecular formula is C41H55ClN4O. The number of nitrogens with one attached hydrogen (secondary N) is 3. The quantitative estimate of drug-likeness (QED) is 0.122. The number of anilines is 1. The van der Waals surface area contributed by atoms with Gasteiger partial charge in [-0.15, -0.1) is 6.42 Å². The number of pyridine rings is 1. The molecule has 0 aliphatic heterocycles. The van der Waals surface area contributed by atoms with Gasteiger partial charge in [0.05, 0.1) is 11.1 Å². The third kappa shape index (κ3) is 15.2. The summed E-state index contributed by atoms with van der Waals surface area (Å²) in [6.45, 7) is 20.6. The summed E-state index contributed by atoms with van der Waals surface area (Å²) in [5, 5.41) is 3.79. The molecule has 6 heteroatoms. The van der Waals surface area contributed by atoms with Crippen molar-refractivity contribution in [1.82, 2.24) is 15.7 Å². The Bertz CT molecular complexity index is 1490. The summed E-state index contributed by atoms with van der Waals surface area (Å²) in [5.74, 6) is 3.43. The van der Waals surface area contributed by atoms with Crippen molar-refractivity contribution in [2.45, 2.75) is 100.0 Å². The Morgan fingerprint density at radius 3 is 2.11 bits per heavy atom. The first-order valence-corrected chi connectivity index (χ1v) is 17.0. The monoisotopic (exact) mass is 654 g/mol. The van der Waals surface area contributed by atoms with E-state index in [0.717, 1.165) is 12.8 Å². The van der Waals surface area contributed by atoms with Crippen LogP contribution in [0.1, 0.15) is 112 Å². The Morgan fingerprint density at radius 2 is 1.60 bits per heavy atom. The standard InChI is InChI=1S/C25H25ClN4O.C8H10.2C4H10/c1-5-6-9-19-12-13-20-10-7-8-11-22(20)24(16(19)2)28-18(4)29-30-25-23(26)14-21(15-27-25)17(3)31;1-7-4-3-5-8(2)6-7;2*1-3-4-2/h1,6-11,14-15,24,28-29H,4,12-13H2,2-3H3,(H,27,30);3-6H,1-2H3;2*3-4H2,1-2H3/b9-6-;;;. The zero-order valence-corrected chi connectivity index (χ0v) is 30.5. The molecule has 252 valence electrons. The Hall–Kier alpha value is -4.27. The fraction of sp³-hybridized carbons (Fsp3) is 0.366. The van der Waals surface area contributed by atoms with Crippen molar-refractivity contribution < 1.29 is 4.79 Å².